The van der Waals surface area contributed by atoms with E-state index in [1.165, 1.54) is 0 Å². The highest BCUT2D eigenvalue weighted by molar-refractivity contribution is 6.04. The van der Waals surface area contributed by atoms with Gasteiger partial charge in [0.15, 0.2) is 0 Å². The number of nitrogens with one attached hydrogen (secondary N) is 1. The molecule has 1 heterocycles. The van der Waals surface area contributed by atoms with Crippen molar-refractivity contribution in [2.75, 3.05) is 11.9 Å². The van der Waals surface area contributed by atoms with Crippen LogP contribution in [-0.2, 0) is 4.74 Å². The third-order valence-corrected chi connectivity index (χ3v) is 3.30. The predicted molar refractivity (Wildman–Crippen MR) is 88.4 cm³/mol. The number of carbonyl (C=O) groups excluding carboxylic acids is 2. The maximum absolute atomic E-state index is 12.0. The van der Waals surface area contributed by atoms with Crippen molar-refractivity contribution in [2.24, 2.45) is 0 Å². The summed E-state index contributed by atoms with van der Waals surface area (Å²) < 4.78 is 5.19. The summed E-state index contributed by atoms with van der Waals surface area (Å²) in [5, 5.41) is 2.77. The Morgan fingerprint density at radius 2 is 1.70 bits per heavy atom. The van der Waals surface area contributed by atoms with E-state index in [1.54, 1.807) is 48.8 Å². The Labute approximate surface area is 135 Å². The van der Waals surface area contributed by atoms with Crippen LogP contribution in [0, 0.1) is 0 Å². The van der Waals surface area contributed by atoms with E-state index >= 15 is 0 Å². The van der Waals surface area contributed by atoms with Crippen molar-refractivity contribution in [3.05, 3.63) is 59.9 Å². The van der Waals surface area contributed by atoms with Crippen LogP contribution in [0.5, 0.6) is 0 Å². The molecule has 0 saturated carbocycles. The molecule has 120 valence electrons. The normalized spacial score (nSPS) is 10.1. The monoisotopic (exact) mass is 312 g/mol. The zero-order valence-electron chi connectivity index (χ0n) is 13.1. The Morgan fingerprint density at radius 3 is 2.35 bits per heavy atom. The molecule has 1 amide bonds. The van der Waals surface area contributed by atoms with E-state index in [4.69, 9.17) is 4.74 Å². The lowest BCUT2D eigenvalue weighted by molar-refractivity contribution is 0.0498. The second kappa shape index (κ2) is 8.68. The Balaban J connectivity index is 1.89. The quantitative estimate of drug-likeness (QED) is 0.625. The van der Waals surface area contributed by atoms with Gasteiger partial charge in [-0.3, -0.25) is 9.78 Å². The number of pyridine rings is 1. The number of hydrogen-bond donors (Lipinski definition) is 1. The van der Waals surface area contributed by atoms with Gasteiger partial charge in [-0.2, -0.15) is 0 Å². The van der Waals surface area contributed by atoms with Gasteiger partial charge >= 0.3 is 5.97 Å². The van der Waals surface area contributed by atoms with Gasteiger partial charge < -0.3 is 10.1 Å². The standard InChI is InChI=1S/C18H20N2O3/c1-2-3-4-13-23-18(22)15-5-7-16(8-6-15)20-17(21)14-9-11-19-12-10-14/h5-12H,2-4,13H2,1H3,(H,20,21). The first-order valence-corrected chi connectivity index (χ1v) is 7.69. The fourth-order valence-corrected chi connectivity index (χ4v) is 2.00. The van der Waals surface area contributed by atoms with Gasteiger partial charge in [0.2, 0.25) is 0 Å². The van der Waals surface area contributed by atoms with Crippen molar-refractivity contribution in [3.8, 4) is 0 Å². The van der Waals surface area contributed by atoms with Crippen LogP contribution in [0.3, 0.4) is 0 Å². The molecule has 2 aromatic rings. The average Bonchev–Trinajstić information content (AvgIpc) is 2.60. The minimum Gasteiger partial charge on any atom is -0.462 e. The van der Waals surface area contributed by atoms with Gasteiger partial charge in [-0.25, -0.2) is 4.79 Å². The van der Waals surface area contributed by atoms with Gasteiger partial charge in [0.05, 0.1) is 12.2 Å². The first kappa shape index (κ1) is 16.7. The van der Waals surface area contributed by atoms with Crippen LogP contribution in [0.15, 0.2) is 48.8 Å². The summed E-state index contributed by atoms with van der Waals surface area (Å²) in [4.78, 5) is 27.7. The summed E-state index contributed by atoms with van der Waals surface area (Å²) in [5.74, 6) is -0.560. The molecule has 0 spiro atoms. The van der Waals surface area contributed by atoms with E-state index in [2.05, 4.69) is 17.2 Å². The molecule has 0 aliphatic heterocycles. The number of hydrogen-bond acceptors (Lipinski definition) is 4. The Hall–Kier alpha value is -2.69. The van der Waals surface area contributed by atoms with E-state index < -0.39 is 0 Å². The number of carbonyl (C=O) groups is 2. The summed E-state index contributed by atoms with van der Waals surface area (Å²) in [7, 11) is 0. The van der Waals surface area contributed by atoms with Gasteiger partial charge in [0, 0.05) is 23.6 Å². The van der Waals surface area contributed by atoms with E-state index in [-0.39, 0.29) is 11.9 Å². The first-order valence-electron chi connectivity index (χ1n) is 7.69. The molecule has 0 aliphatic carbocycles. The van der Waals surface area contributed by atoms with Crippen molar-refractivity contribution in [2.45, 2.75) is 26.2 Å². The summed E-state index contributed by atoms with van der Waals surface area (Å²) in [6.07, 6.45) is 6.14. The van der Waals surface area contributed by atoms with Crippen molar-refractivity contribution in [1.29, 1.82) is 0 Å². The Morgan fingerprint density at radius 1 is 1.00 bits per heavy atom. The predicted octanol–water partition coefficient (Wildman–Crippen LogP) is 3.68. The molecule has 0 fully saturated rings. The molecule has 23 heavy (non-hydrogen) atoms. The number of unbranched alkanes of at least 4 members (excludes halogenated alkanes) is 2. The molecule has 0 radical (unpaired) electrons. The summed E-state index contributed by atoms with van der Waals surface area (Å²) >= 11 is 0. The van der Waals surface area contributed by atoms with Crippen LogP contribution < -0.4 is 5.32 Å². The topological polar surface area (TPSA) is 68.3 Å². The van der Waals surface area contributed by atoms with Crippen molar-refractivity contribution in [1.82, 2.24) is 4.98 Å². The molecule has 5 heteroatoms. The summed E-state index contributed by atoms with van der Waals surface area (Å²) in [5.41, 5.74) is 1.62. The lowest BCUT2D eigenvalue weighted by atomic mass is 10.2. The summed E-state index contributed by atoms with van der Waals surface area (Å²) in [6.45, 7) is 2.54. The van der Waals surface area contributed by atoms with Crippen LogP contribution in [-0.4, -0.2) is 23.5 Å². The second-order valence-corrected chi connectivity index (χ2v) is 5.11. The molecule has 1 aromatic heterocycles. The molecule has 0 saturated heterocycles. The highest BCUT2D eigenvalue weighted by Gasteiger charge is 2.08. The van der Waals surface area contributed by atoms with Crippen LogP contribution in [0.4, 0.5) is 5.69 Å². The highest BCUT2D eigenvalue weighted by atomic mass is 16.5. The first-order chi connectivity index (χ1) is 11.2. The number of anilines is 1. The minimum absolute atomic E-state index is 0.220. The van der Waals surface area contributed by atoms with E-state index in [1.807, 2.05) is 0 Å². The molecule has 0 aliphatic rings. The lowest BCUT2D eigenvalue weighted by Crippen LogP contribution is -2.12. The molecule has 2 rings (SSSR count). The maximum atomic E-state index is 12.0. The third kappa shape index (κ3) is 5.21. The maximum Gasteiger partial charge on any atom is 0.338 e. The Bertz CT molecular complexity index is 639. The van der Waals surface area contributed by atoms with Crippen molar-refractivity contribution in [3.63, 3.8) is 0 Å². The average molecular weight is 312 g/mol. The third-order valence-electron chi connectivity index (χ3n) is 3.30. The van der Waals surface area contributed by atoms with Gasteiger partial charge in [-0.05, 0) is 42.8 Å². The number of ether oxygens (including phenoxy) is 1. The molecule has 5 nitrogen and oxygen atoms in total. The Kier molecular flexibility index (Phi) is 6.29. The van der Waals surface area contributed by atoms with Crippen LogP contribution >= 0.6 is 0 Å². The second-order valence-electron chi connectivity index (χ2n) is 5.11. The largest absolute Gasteiger partial charge is 0.462 e. The number of amides is 1. The fourth-order valence-electron chi connectivity index (χ4n) is 2.00. The van der Waals surface area contributed by atoms with Gasteiger partial charge in [-0.1, -0.05) is 19.8 Å². The number of rotatable bonds is 7. The number of aromatic nitrogens is 1. The van der Waals surface area contributed by atoms with Crippen LogP contribution in [0.25, 0.3) is 0 Å². The minimum atomic E-state index is -0.340. The number of nitrogens with zero attached hydrogens (tertiary/aromatic N) is 1. The van der Waals surface area contributed by atoms with E-state index in [9.17, 15) is 9.59 Å². The zero-order chi connectivity index (χ0) is 16.5. The number of esters is 1. The van der Waals surface area contributed by atoms with Crippen molar-refractivity contribution >= 4 is 17.6 Å². The highest BCUT2D eigenvalue weighted by Crippen LogP contribution is 2.12. The molecular weight excluding hydrogens is 292 g/mol. The van der Waals surface area contributed by atoms with Crippen LogP contribution in [0.1, 0.15) is 46.9 Å². The molecule has 0 unspecified atom stereocenters. The van der Waals surface area contributed by atoms with Gasteiger partial charge in [0.1, 0.15) is 0 Å². The molecule has 0 atom stereocenters. The fraction of sp³-hybridized carbons (Fsp3) is 0.278. The number of benzene rings is 1. The van der Waals surface area contributed by atoms with E-state index in [0.29, 0.717) is 23.4 Å². The SMILES string of the molecule is CCCCCOC(=O)c1ccc(NC(=O)c2ccncc2)cc1. The molecular formula is C18H20N2O3. The smallest absolute Gasteiger partial charge is 0.338 e. The molecule has 1 aromatic carbocycles. The van der Waals surface area contributed by atoms with Crippen LogP contribution in [0.2, 0.25) is 0 Å². The lowest BCUT2D eigenvalue weighted by Gasteiger charge is -2.07. The molecule has 1 N–H and O–H groups in total. The van der Waals surface area contributed by atoms with Gasteiger partial charge in [-0.15, -0.1) is 0 Å². The summed E-state index contributed by atoms with van der Waals surface area (Å²) in [6, 6.07) is 9.92. The molecule has 0 bridgehead atoms. The van der Waals surface area contributed by atoms with Crippen molar-refractivity contribution < 1.29 is 14.3 Å². The van der Waals surface area contributed by atoms with E-state index in [0.717, 1.165) is 19.3 Å². The zero-order valence-corrected chi connectivity index (χ0v) is 13.1. The van der Waals surface area contributed by atoms with Gasteiger partial charge in [0.25, 0.3) is 5.91 Å².